The monoisotopic (exact) mass is 432 g/mol. The normalized spacial score (nSPS) is 11.6. The number of aromatic nitrogens is 2. The zero-order chi connectivity index (χ0) is 21.6. The molecule has 0 saturated heterocycles. The van der Waals surface area contributed by atoms with Crippen LogP contribution < -0.4 is 4.74 Å². The van der Waals surface area contributed by atoms with Crippen LogP contribution in [0.25, 0.3) is 16.8 Å². The summed E-state index contributed by atoms with van der Waals surface area (Å²) in [6.07, 6.45) is 2.16. The van der Waals surface area contributed by atoms with Crippen LogP contribution in [0.1, 0.15) is 23.9 Å². The van der Waals surface area contributed by atoms with Crippen molar-refractivity contribution in [3.8, 4) is 5.75 Å². The molecule has 31 heavy (non-hydrogen) atoms. The van der Waals surface area contributed by atoms with Crippen LogP contribution in [-0.2, 0) is 17.8 Å². The lowest BCUT2D eigenvalue weighted by Gasteiger charge is -2.10. The van der Waals surface area contributed by atoms with Crippen molar-refractivity contribution in [3.05, 3.63) is 88.7 Å². The van der Waals surface area contributed by atoms with E-state index in [0.29, 0.717) is 30.2 Å². The topological polar surface area (TPSA) is 85.5 Å². The largest absolute Gasteiger partial charge is 0.489 e. The molecule has 7 heteroatoms. The van der Waals surface area contributed by atoms with Gasteiger partial charge in [-0.25, -0.2) is 4.79 Å². The molecule has 4 rings (SSSR count). The van der Waals surface area contributed by atoms with Crippen molar-refractivity contribution < 1.29 is 19.1 Å². The molecule has 1 heterocycles. The Labute approximate surface area is 183 Å². The summed E-state index contributed by atoms with van der Waals surface area (Å²) in [5, 5.41) is 19.8. The molecule has 0 aliphatic rings. The number of fused-ring (bicyclic) bond motifs is 1. The van der Waals surface area contributed by atoms with E-state index in [1.54, 1.807) is 12.1 Å². The minimum absolute atomic E-state index is 0.0810. The fourth-order valence-corrected chi connectivity index (χ4v) is 3.77. The predicted octanol–water partition coefficient (Wildman–Crippen LogP) is 5.58. The first-order valence-electron chi connectivity index (χ1n) is 9.77. The average molecular weight is 433 g/mol. The summed E-state index contributed by atoms with van der Waals surface area (Å²) in [5.41, 5.74) is 1.79. The number of thioether (sulfide) groups is 1. The second kappa shape index (κ2) is 9.49. The second-order valence-electron chi connectivity index (χ2n) is 6.73. The molecule has 1 aromatic heterocycles. The van der Waals surface area contributed by atoms with E-state index < -0.39 is 5.97 Å². The summed E-state index contributed by atoms with van der Waals surface area (Å²) >= 11 is 0.926. The fourth-order valence-electron chi connectivity index (χ4n) is 3.08. The second-order valence-corrected chi connectivity index (χ2v) is 7.72. The summed E-state index contributed by atoms with van der Waals surface area (Å²) in [5.74, 6) is 0.0573. The van der Waals surface area contributed by atoms with Crippen molar-refractivity contribution >= 4 is 34.6 Å². The van der Waals surface area contributed by atoms with Gasteiger partial charge in [-0.15, -0.1) is 10.2 Å². The minimum atomic E-state index is -1.07. The highest BCUT2D eigenvalue weighted by atomic mass is 32.2. The van der Waals surface area contributed by atoms with Gasteiger partial charge in [0, 0.05) is 6.42 Å². The van der Waals surface area contributed by atoms with Crippen LogP contribution in [0.5, 0.6) is 5.75 Å². The Morgan fingerprint density at radius 2 is 1.90 bits per heavy atom. The van der Waals surface area contributed by atoms with Crippen molar-refractivity contribution in [2.24, 2.45) is 0 Å². The molecule has 0 saturated carbocycles. The average Bonchev–Trinajstić information content (AvgIpc) is 3.25. The smallest absolute Gasteiger partial charge is 0.342 e. The molecule has 0 unspecified atom stereocenters. The summed E-state index contributed by atoms with van der Waals surface area (Å²) in [6, 6.07) is 21.6. The molecule has 1 N–H and O–H groups in total. The van der Waals surface area contributed by atoms with Crippen LogP contribution in [0.4, 0.5) is 0 Å². The number of rotatable bonds is 8. The molecule has 6 nitrogen and oxygen atoms in total. The van der Waals surface area contributed by atoms with E-state index in [-0.39, 0.29) is 10.1 Å². The van der Waals surface area contributed by atoms with Gasteiger partial charge in [-0.3, -0.25) is 0 Å². The lowest BCUT2D eigenvalue weighted by atomic mass is 10.1. The molecule has 0 radical (unpaired) electrons. The van der Waals surface area contributed by atoms with Crippen LogP contribution in [0.15, 0.2) is 81.3 Å². The van der Waals surface area contributed by atoms with Gasteiger partial charge in [0.05, 0.1) is 0 Å². The zero-order valence-corrected chi connectivity index (χ0v) is 17.6. The first kappa shape index (κ1) is 20.7. The van der Waals surface area contributed by atoms with Gasteiger partial charge < -0.3 is 14.3 Å². The fraction of sp³-hybridized carbons (Fsp3) is 0.125. The van der Waals surface area contributed by atoms with Crippen LogP contribution in [0.2, 0.25) is 0 Å². The third-order valence-corrected chi connectivity index (χ3v) is 5.44. The van der Waals surface area contributed by atoms with E-state index in [4.69, 9.17) is 9.15 Å². The Balaban J connectivity index is 1.51. The van der Waals surface area contributed by atoms with E-state index >= 15 is 0 Å². The number of carbonyl (C=O) groups is 1. The summed E-state index contributed by atoms with van der Waals surface area (Å²) < 4.78 is 11.4. The highest BCUT2D eigenvalue weighted by Crippen LogP contribution is 2.28. The highest BCUT2D eigenvalue weighted by Gasteiger charge is 2.15. The van der Waals surface area contributed by atoms with Crippen LogP contribution in [0, 0.1) is 0 Å². The Hall–Kier alpha value is -3.58. The van der Waals surface area contributed by atoms with Gasteiger partial charge >= 0.3 is 5.97 Å². The van der Waals surface area contributed by atoms with E-state index in [1.807, 2.05) is 49.4 Å². The molecule has 0 amide bonds. The Morgan fingerprint density at radius 1 is 1.10 bits per heavy atom. The number of aliphatic carboxylic acids is 1. The molecule has 4 aromatic rings. The third-order valence-electron chi connectivity index (χ3n) is 4.59. The maximum atomic E-state index is 11.7. The number of nitrogens with zero attached hydrogens (tertiary/aromatic N) is 2. The van der Waals surface area contributed by atoms with Gasteiger partial charge in [0.2, 0.25) is 5.89 Å². The molecule has 0 bridgehead atoms. The van der Waals surface area contributed by atoms with Crippen molar-refractivity contribution in [2.45, 2.75) is 25.2 Å². The van der Waals surface area contributed by atoms with Gasteiger partial charge in [0.25, 0.3) is 5.22 Å². The van der Waals surface area contributed by atoms with Gasteiger partial charge in [-0.1, -0.05) is 61.5 Å². The molecule has 156 valence electrons. The van der Waals surface area contributed by atoms with Crippen molar-refractivity contribution in [1.82, 2.24) is 10.2 Å². The molecule has 0 aliphatic heterocycles. The highest BCUT2D eigenvalue weighted by molar-refractivity contribution is 8.03. The molecule has 3 aromatic carbocycles. The Bertz CT molecular complexity index is 1240. The zero-order valence-electron chi connectivity index (χ0n) is 16.8. The van der Waals surface area contributed by atoms with Crippen LogP contribution >= 0.6 is 11.8 Å². The van der Waals surface area contributed by atoms with Gasteiger partial charge in [-0.2, -0.15) is 0 Å². The number of carboxylic acids is 1. The van der Waals surface area contributed by atoms with E-state index in [1.165, 1.54) is 0 Å². The van der Waals surface area contributed by atoms with Gasteiger partial charge in [0.1, 0.15) is 17.3 Å². The molecule has 0 atom stereocenters. The maximum absolute atomic E-state index is 11.7. The van der Waals surface area contributed by atoms with Crippen molar-refractivity contribution in [3.63, 3.8) is 0 Å². The Kier molecular flexibility index (Phi) is 6.33. The maximum Gasteiger partial charge on any atom is 0.342 e. The van der Waals surface area contributed by atoms with Crippen LogP contribution in [0.3, 0.4) is 0 Å². The summed E-state index contributed by atoms with van der Waals surface area (Å²) in [6.45, 7) is 2.30. The SMILES string of the molecule is CCc1nnc(S/C(=C\c2cccc(OCc3cccc4ccccc34)c2)C(=O)O)o1. The number of benzene rings is 3. The minimum Gasteiger partial charge on any atom is -0.489 e. The number of hydrogen-bond acceptors (Lipinski definition) is 6. The predicted molar refractivity (Wildman–Crippen MR) is 120 cm³/mol. The van der Waals surface area contributed by atoms with E-state index in [2.05, 4.69) is 28.4 Å². The lowest BCUT2D eigenvalue weighted by molar-refractivity contribution is -0.131. The molecule has 0 aliphatic carbocycles. The van der Waals surface area contributed by atoms with E-state index in [0.717, 1.165) is 28.1 Å². The summed E-state index contributed by atoms with van der Waals surface area (Å²) in [7, 11) is 0. The molecular weight excluding hydrogens is 412 g/mol. The standard InChI is InChI=1S/C24H20N2O4S/c1-2-22-25-26-24(30-22)31-21(23(27)28)14-16-7-5-11-19(13-16)29-15-18-10-6-9-17-8-3-4-12-20(17)18/h3-14H,2,15H2,1H3,(H,27,28)/b21-14-. The van der Waals surface area contributed by atoms with Crippen LogP contribution in [-0.4, -0.2) is 21.3 Å². The number of hydrogen-bond donors (Lipinski definition) is 1. The summed E-state index contributed by atoms with van der Waals surface area (Å²) in [4.78, 5) is 11.8. The number of carboxylic acid groups (broad SMARTS) is 1. The molecular formula is C24H20N2O4S. The molecule has 0 fully saturated rings. The lowest BCUT2D eigenvalue weighted by Crippen LogP contribution is -1.98. The quantitative estimate of drug-likeness (QED) is 0.287. The first-order valence-corrected chi connectivity index (χ1v) is 10.6. The Morgan fingerprint density at radius 3 is 2.71 bits per heavy atom. The van der Waals surface area contributed by atoms with E-state index in [9.17, 15) is 9.90 Å². The molecule has 0 spiro atoms. The van der Waals surface area contributed by atoms with Gasteiger partial charge in [-0.05, 0) is 51.9 Å². The van der Waals surface area contributed by atoms with Crippen molar-refractivity contribution in [1.29, 1.82) is 0 Å². The number of aryl methyl sites for hydroxylation is 1. The first-order chi connectivity index (χ1) is 15.1. The van der Waals surface area contributed by atoms with Crippen molar-refractivity contribution in [2.75, 3.05) is 0 Å². The third kappa shape index (κ3) is 5.13. The van der Waals surface area contributed by atoms with Gasteiger partial charge in [0.15, 0.2) is 0 Å². The number of ether oxygens (including phenoxy) is 1.